The average Bonchev–Trinajstić information content (AvgIpc) is 2.36. The predicted octanol–water partition coefficient (Wildman–Crippen LogP) is 2.87. The summed E-state index contributed by atoms with van der Waals surface area (Å²) < 4.78 is 13.6. The van der Waals surface area contributed by atoms with Crippen LogP contribution in [0.2, 0.25) is 0 Å². The van der Waals surface area contributed by atoms with Gasteiger partial charge in [0, 0.05) is 17.6 Å². The first kappa shape index (κ1) is 15.1. The molecule has 0 aliphatic carbocycles. The maximum absolute atomic E-state index is 13.0. The van der Waals surface area contributed by atoms with Crippen molar-refractivity contribution in [1.29, 1.82) is 0 Å². The maximum atomic E-state index is 13.0. The second-order valence-electron chi connectivity index (χ2n) is 4.02. The maximum Gasteiger partial charge on any atom is 0.252 e. The fourth-order valence-electron chi connectivity index (χ4n) is 1.56. The molecule has 0 atom stereocenters. The summed E-state index contributed by atoms with van der Waals surface area (Å²) in [6.07, 6.45) is 3.57. The van der Waals surface area contributed by atoms with Crippen LogP contribution in [0.5, 0.6) is 0 Å². The molecule has 0 aliphatic rings. The molecule has 0 aromatic heterocycles. The first-order valence-corrected chi connectivity index (χ1v) is 6.78. The normalized spacial score (nSPS) is 10.4. The highest BCUT2D eigenvalue weighted by Gasteiger charge is 2.10. The van der Waals surface area contributed by atoms with E-state index in [1.165, 1.54) is 18.2 Å². The van der Waals surface area contributed by atoms with Crippen molar-refractivity contribution in [3.63, 3.8) is 0 Å². The van der Waals surface area contributed by atoms with Crippen molar-refractivity contribution in [3.05, 3.63) is 34.1 Å². The zero-order valence-electron chi connectivity index (χ0n) is 10.1. The minimum atomic E-state index is -0.425. The predicted molar refractivity (Wildman–Crippen MR) is 72.0 cm³/mol. The second-order valence-corrected chi connectivity index (χ2v) is 4.87. The van der Waals surface area contributed by atoms with E-state index < -0.39 is 5.82 Å². The lowest BCUT2D eigenvalue weighted by Gasteiger charge is -2.07. The fraction of sp³-hybridized carbons (Fsp3) is 0.462. The van der Waals surface area contributed by atoms with Crippen LogP contribution in [0.15, 0.2) is 22.7 Å². The summed E-state index contributed by atoms with van der Waals surface area (Å²) in [4.78, 5) is 11.8. The Balaban J connectivity index is 2.34. The number of rotatable bonds is 7. The van der Waals surface area contributed by atoms with Crippen molar-refractivity contribution in [1.82, 2.24) is 5.32 Å². The molecule has 1 aromatic carbocycles. The molecular formula is C13H17BrFNO2. The van der Waals surface area contributed by atoms with Crippen molar-refractivity contribution in [2.75, 3.05) is 13.2 Å². The number of hydrogen-bond donors (Lipinski definition) is 2. The van der Waals surface area contributed by atoms with Gasteiger partial charge in [0.25, 0.3) is 5.91 Å². The first-order chi connectivity index (χ1) is 8.65. The van der Waals surface area contributed by atoms with E-state index in [9.17, 15) is 9.18 Å². The largest absolute Gasteiger partial charge is 0.396 e. The topological polar surface area (TPSA) is 49.3 Å². The standard InChI is InChI=1S/C13H17BrFNO2/c14-12-6-5-10(15)9-11(12)13(18)16-7-3-1-2-4-8-17/h5-6,9,17H,1-4,7-8H2,(H,16,18). The summed E-state index contributed by atoms with van der Waals surface area (Å²) in [6.45, 7) is 0.774. The molecule has 18 heavy (non-hydrogen) atoms. The Bertz CT molecular complexity index is 399. The number of amides is 1. The Morgan fingerprint density at radius 1 is 1.28 bits per heavy atom. The van der Waals surface area contributed by atoms with E-state index in [1.54, 1.807) is 0 Å². The third-order valence-electron chi connectivity index (χ3n) is 2.54. The van der Waals surface area contributed by atoms with Crippen LogP contribution in [0.4, 0.5) is 4.39 Å². The van der Waals surface area contributed by atoms with Crippen LogP contribution in [0.25, 0.3) is 0 Å². The van der Waals surface area contributed by atoms with Gasteiger partial charge in [-0.25, -0.2) is 4.39 Å². The van der Waals surface area contributed by atoms with Gasteiger partial charge in [-0.05, 0) is 47.0 Å². The molecule has 0 heterocycles. The van der Waals surface area contributed by atoms with Crippen molar-refractivity contribution in [2.24, 2.45) is 0 Å². The van der Waals surface area contributed by atoms with E-state index in [2.05, 4.69) is 21.2 Å². The minimum Gasteiger partial charge on any atom is -0.396 e. The number of aliphatic hydroxyl groups excluding tert-OH is 1. The molecule has 1 amide bonds. The molecule has 1 aromatic rings. The Hall–Kier alpha value is -0.940. The van der Waals surface area contributed by atoms with Gasteiger partial charge in [0.05, 0.1) is 5.56 Å². The van der Waals surface area contributed by atoms with E-state index >= 15 is 0 Å². The molecule has 0 radical (unpaired) electrons. The molecule has 0 aliphatic heterocycles. The monoisotopic (exact) mass is 317 g/mol. The lowest BCUT2D eigenvalue weighted by atomic mass is 10.2. The fourth-order valence-corrected chi connectivity index (χ4v) is 1.99. The number of halogens is 2. The third kappa shape index (κ3) is 5.14. The Morgan fingerprint density at radius 3 is 2.72 bits per heavy atom. The molecule has 0 saturated heterocycles. The van der Waals surface area contributed by atoms with Gasteiger partial charge in [0.2, 0.25) is 0 Å². The number of hydrogen-bond acceptors (Lipinski definition) is 2. The lowest BCUT2D eigenvalue weighted by Crippen LogP contribution is -2.24. The average molecular weight is 318 g/mol. The highest BCUT2D eigenvalue weighted by molar-refractivity contribution is 9.10. The van der Waals surface area contributed by atoms with Crippen LogP contribution < -0.4 is 5.32 Å². The third-order valence-corrected chi connectivity index (χ3v) is 3.23. The SMILES string of the molecule is O=C(NCCCCCCO)c1cc(F)ccc1Br. The summed E-state index contributed by atoms with van der Waals surface area (Å²) in [5.41, 5.74) is 0.311. The molecule has 3 nitrogen and oxygen atoms in total. The van der Waals surface area contributed by atoms with E-state index in [0.717, 1.165) is 25.7 Å². The van der Waals surface area contributed by atoms with Crippen LogP contribution in [-0.4, -0.2) is 24.2 Å². The molecular weight excluding hydrogens is 301 g/mol. The van der Waals surface area contributed by atoms with Crippen LogP contribution >= 0.6 is 15.9 Å². The summed E-state index contributed by atoms with van der Waals surface area (Å²) in [5.74, 6) is -0.699. The van der Waals surface area contributed by atoms with Gasteiger partial charge in [-0.2, -0.15) is 0 Å². The molecule has 1 rings (SSSR count). The Morgan fingerprint density at radius 2 is 2.00 bits per heavy atom. The number of carbonyl (C=O) groups is 1. The van der Waals surface area contributed by atoms with E-state index in [1.807, 2.05) is 0 Å². The lowest BCUT2D eigenvalue weighted by molar-refractivity contribution is 0.0951. The van der Waals surface area contributed by atoms with Crippen LogP contribution in [0.3, 0.4) is 0 Å². The van der Waals surface area contributed by atoms with E-state index in [0.29, 0.717) is 16.6 Å². The van der Waals surface area contributed by atoms with E-state index in [4.69, 9.17) is 5.11 Å². The smallest absolute Gasteiger partial charge is 0.252 e. The summed E-state index contributed by atoms with van der Waals surface area (Å²) in [6, 6.07) is 4.03. The molecule has 0 fully saturated rings. The number of aliphatic hydroxyl groups is 1. The van der Waals surface area contributed by atoms with Crippen molar-refractivity contribution >= 4 is 21.8 Å². The van der Waals surface area contributed by atoms with Gasteiger partial charge in [-0.3, -0.25) is 4.79 Å². The molecule has 2 N–H and O–H groups in total. The Labute approximate surface area is 115 Å². The quantitative estimate of drug-likeness (QED) is 0.760. The molecule has 0 bridgehead atoms. The summed E-state index contributed by atoms with van der Waals surface area (Å²) in [5, 5.41) is 11.4. The van der Waals surface area contributed by atoms with Gasteiger partial charge in [-0.15, -0.1) is 0 Å². The molecule has 0 unspecified atom stereocenters. The van der Waals surface area contributed by atoms with Crippen LogP contribution in [0.1, 0.15) is 36.0 Å². The second kappa shape index (κ2) is 8.21. The van der Waals surface area contributed by atoms with Gasteiger partial charge >= 0.3 is 0 Å². The molecule has 0 spiro atoms. The zero-order valence-corrected chi connectivity index (χ0v) is 11.7. The van der Waals surface area contributed by atoms with E-state index in [-0.39, 0.29) is 12.5 Å². The zero-order chi connectivity index (χ0) is 13.4. The minimum absolute atomic E-state index is 0.211. The highest BCUT2D eigenvalue weighted by Crippen LogP contribution is 2.17. The number of unbranched alkanes of at least 4 members (excludes halogenated alkanes) is 3. The van der Waals surface area contributed by atoms with Gasteiger partial charge < -0.3 is 10.4 Å². The number of nitrogens with one attached hydrogen (secondary N) is 1. The molecule has 100 valence electrons. The number of carbonyl (C=O) groups excluding carboxylic acids is 1. The van der Waals surface area contributed by atoms with Gasteiger partial charge in [-0.1, -0.05) is 12.8 Å². The highest BCUT2D eigenvalue weighted by atomic mass is 79.9. The van der Waals surface area contributed by atoms with Gasteiger partial charge in [0.1, 0.15) is 5.82 Å². The molecule has 0 saturated carbocycles. The first-order valence-electron chi connectivity index (χ1n) is 5.99. The van der Waals surface area contributed by atoms with Gasteiger partial charge in [0.15, 0.2) is 0 Å². The summed E-state index contributed by atoms with van der Waals surface area (Å²) >= 11 is 3.22. The van der Waals surface area contributed by atoms with Crippen molar-refractivity contribution < 1.29 is 14.3 Å². The van der Waals surface area contributed by atoms with Crippen molar-refractivity contribution in [2.45, 2.75) is 25.7 Å². The number of benzene rings is 1. The summed E-state index contributed by atoms with van der Waals surface area (Å²) in [7, 11) is 0. The van der Waals surface area contributed by atoms with Crippen molar-refractivity contribution in [3.8, 4) is 0 Å². The van der Waals surface area contributed by atoms with Crippen LogP contribution in [0, 0.1) is 5.82 Å². The van der Waals surface area contributed by atoms with Crippen LogP contribution in [-0.2, 0) is 0 Å². The molecule has 5 heteroatoms. The Kier molecular flexibility index (Phi) is 6.90.